The molecular formula is C19H15F3N4. The summed E-state index contributed by atoms with van der Waals surface area (Å²) in [5, 5.41) is 13.2. The zero-order valence-corrected chi connectivity index (χ0v) is 13.9. The van der Waals surface area contributed by atoms with Gasteiger partial charge in [0.1, 0.15) is 0 Å². The lowest BCUT2D eigenvalue weighted by molar-refractivity contribution is -0.137. The minimum Gasteiger partial charge on any atom is -0.370 e. The highest BCUT2D eigenvalue weighted by atomic mass is 19.4. The third-order valence-corrected chi connectivity index (χ3v) is 3.95. The van der Waals surface area contributed by atoms with Gasteiger partial charge >= 0.3 is 6.18 Å². The van der Waals surface area contributed by atoms with Crippen LogP contribution < -0.4 is 4.90 Å². The fraction of sp³-hybridized carbons (Fsp3) is 0.158. The quantitative estimate of drug-likeness (QED) is 0.696. The van der Waals surface area contributed by atoms with Crippen LogP contribution in [0, 0.1) is 11.3 Å². The lowest BCUT2D eigenvalue weighted by Crippen LogP contribution is -2.17. The number of halogens is 3. The Balaban J connectivity index is 1.82. The molecule has 3 aromatic rings. The summed E-state index contributed by atoms with van der Waals surface area (Å²) < 4.78 is 41.1. The smallest absolute Gasteiger partial charge is 0.370 e. The van der Waals surface area contributed by atoms with Crippen LogP contribution in [0.2, 0.25) is 0 Å². The maximum atomic E-state index is 13.1. The second kappa shape index (κ2) is 6.92. The first-order valence-electron chi connectivity index (χ1n) is 7.80. The van der Waals surface area contributed by atoms with E-state index >= 15 is 0 Å². The number of alkyl halides is 3. The van der Waals surface area contributed by atoms with Gasteiger partial charge in [0.15, 0.2) is 0 Å². The van der Waals surface area contributed by atoms with Crippen LogP contribution in [0.3, 0.4) is 0 Å². The van der Waals surface area contributed by atoms with Crippen molar-refractivity contribution < 1.29 is 13.2 Å². The molecule has 0 atom stereocenters. The Morgan fingerprint density at radius 2 is 1.88 bits per heavy atom. The Morgan fingerprint density at radius 3 is 2.54 bits per heavy atom. The molecule has 0 fully saturated rings. The van der Waals surface area contributed by atoms with E-state index in [0.717, 1.165) is 17.3 Å². The monoisotopic (exact) mass is 356 g/mol. The second-order valence-corrected chi connectivity index (χ2v) is 5.82. The number of hydrogen-bond acceptors (Lipinski definition) is 3. The fourth-order valence-electron chi connectivity index (χ4n) is 2.63. The maximum absolute atomic E-state index is 13.1. The Hall–Kier alpha value is -3.27. The van der Waals surface area contributed by atoms with Gasteiger partial charge in [-0.25, -0.2) is 4.68 Å². The molecule has 0 aliphatic heterocycles. The summed E-state index contributed by atoms with van der Waals surface area (Å²) in [5.74, 6) is 0. The molecule has 0 spiro atoms. The molecule has 1 aromatic heterocycles. The Labute approximate surface area is 148 Å². The number of anilines is 1. The molecule has 0 unspecified atom stereocenters. The predicted octanol–water partition coefficient (Wildman–Crippen LogP) is 4.40. The highest BCUT2D eigenvalue weighted by molar-refractivity contribution is 5.54. The molecule has 0 amide bonds. The van der Waals surface area contributed by atoms with Gasteiger partial charge in [-0.1, -0.05) is 18.2 Å². The molecule has 4 nitrogen and oxygen atoms in total. The van der Waals surface area contributed by atoms with E-state index in [0.29, 0.717) is 12.2 Å². The molecule has 2 aromatic carbocycles. The van der Waals surface area contributed by atoms with Gasteiger partial charge < -0.3 is 4.90 Å². The number of aromatic nitrogens is 2. The van der Waals surface area contributed by atoms with Crippen molar-refractivity contribution in [3.8, 4) is 11.8 Å². The molecule has 26 heavy (non-hydrogen) atoms. The third kappa shape index (κ3) is 3.70. The predicted molar refractivity (Wildman–Crippen MR) is 91.8 cm³/mol. The van der Waals surface area contributed by atoms with Crippen molar-refractivity contribution in [2.24, 2.45) is 0 Å². The SMILES string of the molecule is CN(Cc1cnn(-c2ccccc2)c1)c1ccc(C#N)c(C(F)(F)F)c1. The maximum Gasteiger partial charge on any atom is 0.417 e. The zero-order chi connectivity index (χ0) is 18.7. The summed E-state index contributed by atoms with van der Waals surface area (Å²) in [6, 6.07) is 14.8. The fourth-order valence-corrected chi connectivity index (χ4v) is 2.63. The van der Waals surface area contributed by atoms with E-state index in [2.05, 4.69) is 5.10 Å². The Bertz CT molecular complexity index is 939. The molecule has 0 saturated carbocycles. The normalized spacial score (nSPS) is 11.2. The van der Waals surface area contributed by atoms with E-state index in [9.17, 15) is 13.2 Å². The number of rotatable bonds is 4. The van der Waals surface area contributed by atoms with Crippen LogP contribution in [0.25, 0.3) is 5.69 Å². The van der Waals surface area contributed by atoms with Gasteiger partial charge in [0.2, 0.25) is 0 Å². The van der Waals surface area contributed by atoms with Crippen LogP contribution in [0.4, 0.5) is 18.9 Å². The van der Waals surface area contributed by atoms with Gasteiger partial charge in [-0.3, -0.25) is 0 Å². The first kappa shape index (κ1) is 17.5. The standard InChI is InChI=1S/C19H15F3N4/c1-25(17-8-7-15(10-23)18(9-17)19(20,21)22)12-14-11-24-26(13-14)16-5-3-2-4-6-16/h2-9,11,13H,12H2,1H3. The average molecular weight is 356 g/mol. The minimum absolute atomic E-state index is 0.379. The summed E-state index contributed by atoms with van der Waals surface area (Å²) in [6.45, 7) is 0.385. The third-order valence-electron chi connectivity index (χ3n) is 3.95. The van der Waals surface area contributed by atoms with E-state index in [1.165, 1.54) is 12.1 Å². The Morgan fingerprint density at radius 1 is 1.15 bits per heavy atom. The van der Waals surface area contributed by atoms with Gasteiger partial charge in [0, 0.05) is 31.0 Å². The summed E-state index contributed by atoms with van der Waals surface area (Å²) in [4.78, 5) is 1.68. The van der Waals surface area contributed by atoms with Crippen molar-refractivity contribution in [3.63, 3.8) is 0 Å². The molecule has 0 radical (unpaired) electrons. The highest BCUT2D eigenvalue weighted by Crippen LogP contribution is 2.34. The second-order valence-electron chi connectivity index (χ2n) is 5.82. The van der Waals surface area contributed by atoms with E-state index in [1.807, 2.05) is 36.5 Å². The van der Waals surface area contributed by atoms with Crippen LogP contribution in [-0.2, 0) is 12.7 Å². The summed E-state index contributed by atoms with van der Waals surface area (Å²) in [5.41, 5.74) is 0.827. The van der Waals surface area contributed by atoms with Crippen molar-refractivity contribution in [2.45, 2.75) is 12.7 Å². The van der Waals surface area contributed by atoms with E-state index in [-0.39, 0.29) is 5.56 Å². The topological polar surface area (TPSA) is 44.9 Å². The molecule has 0 aliphatic rings. The summed E-state index contributed by atoms with van der Waals surface area (Å²) in [6.07, 6.45) is -1.06. The van der Waals surface area contributed by atoms with Crippen molar-refractivity contribution >= 4 is 5.69 Å². The van der Waals surface area contributed by atoms with Crippen LogP contribution >= 0.6 is 0 Å². The molecule has 0 aliphatic carbocycles. The summed E-state index contributed by atoms with van der Waals surface area (Å²) in [7, 11) is 1.70. The van der Waals surface area contributed by atoms with E-state index in [4.69, 9.17) is 5.26 Å². The molecule has 132 valence electrons. The molecule has 0 bridgehead atoms. The van der Waals surface area contributed by atoms with Crippen LogP contribution in [0.5, 0.6) is 0 Å². The van der Waals surface area contributed by atoms with Gasteiger partial charge in [-0.05, 0) is 30.3 Å². The number of nitriles is 1. The molecule has 3 rings (SSSR count). The lowest BCUT2D eigenvalue weighted by Gasteiger charge is -2.20. The molecule has 7 heteroatoms. The van der Waals surface area contributed by atoms with Gasteiger partial charge in [-0.15, -0.1) is 0 Å². The Kier molecular flexibility index (Phi) is 4.67. The summed E-state index contributed by atoms with van der Waals surface area (Å²) >= 11 is 0. The molecule has 1 heterocycles. The van der Waals surface area contributed by atoms with Crippen molar-refractivity contribution in [2.75, 3.05) is 11.9 Å². The lowest BCUT2D eigenvalue weighted by atomic mass is 10.1. The molecule has 0 N–H and O–H groups in total. The number of nitrogens with zero attached hydrogens (tertiary/aromatic N) is 4. The molecule has 0 saturated heterocycles. The van der Waals surface area contributed by atoms with E-state index in [1.54, 1.807) is 28.9 Å². The number of benzene rings is 2. The van der Waals surface area contributed by atoms with Crippen molar-refractivity contribution in [1.29, 1.82) is 5.26 Å². The van der Waals surface area contributed by atoms with Gasteiger partial charge in [-0.2, -0.15) is 23.5 Å². The van der Waals surface area contributed by atoms with E-state index < -0.39 is 11.7 Å². The minimum atomic E-state index is -4.57. The number of para-hydroxylation sites is 1. The van der Waals surface area contributed by atoms with Crippen LogP contribution in [0.15, 0.2) is 60.9 Å². The van der Waals surface area contributed by atoms with Crippen LogP contribution in [-0.4, -0.2) is 16.8 Å². The van der Waals surface area contributed by atoms with Crippen molar-refractivity contribution in [3.05, 3.63) is 77.6 Å². The first-order valence-corrected chi connectivity index (χ1v) is 7.80. The number of hydrogen-bond donors (Lipinski definition) is 0. The molecular weight excluding hydrogens is 341 g/mol. The zero-order valence-electron chi connectivity index (χ0n) is 13.9. The van der Waals surface area contributed by atoms with Crippen LogP contribution in [0.1, 0.15) is 16.7 Å². The highest BCUT2D eigenvalue weighted by Gasteiger charge is 2.34. The largest absolute Gasteiger partial charge is 0.417 e. The first-order chi connectivity index (χ1) is 12.4. The van der Waals surface area contributed by atoms with Crippen molar-refractivity contribution in [1.82, 2.24) is 9.78 Å². The van der Waals surface area contributed by atoms with Gasteiger partial charge in [0.25, 0.3) is 0 Å². The average Bonchev–Trinajstić information content (AvgIpc) is 3.09. The van der Waals surface area contributed by atoms with Gasteiger partial charge in [0.05, 0.1) is 29.1 Å².